The highest BCUT2D eigenvalue weighted by Crippen LogP contribution is 2.61. The first-order valence-electron chi connectivity index (χ1n) is 6.88. The summed E-state index contributed by atoms with van der Waals surface area (Å²) in [4.78, 5) is 4.64. The van der Waals surface area contributed by atoms with Gasteiger partial charge in [0.15, 0.2) is 0 Å². The summed E-state index contributed by atoms with van der Waals surface area (Å²) in [7, 11) is 0. The van der Waals surface area contributed by atoms with Gasteiger partial charge in [0.1, 0.15) is 0 Å². The summed E-state index contributed by atoms with van der Waals surface area (Å²) in [5.41, 5.74) is 8.37. The molecule has 0 spiro atoms. The number of nitrogens with zero attached hydrogens (tertiary/aromatic N) is 1. The van der Waals surface area contributed by atoms with Gasteiger partial charge in [-0.2, -0.15) is 0 Å². The second-order valence-electron chi connectivity index (χ2n) is 6.82. The Labute approximate surface area is 103 Å². The van der Waals surface area contributed by atoms with Gasteiger partial charge < -0.3 is 5.73 Å². The van der Waals surface area contributed by atoms with Gasteiger partial charge in [0.2, 0.25) is 0 Å². The van der Waals surface area contributed by atoms with Crippen molar-refractivity contribution in [3.8, 4) is 0 Å². The topological polar surface area (TPSA) is 38.9 Å². The molecule has 0 saturated heterocycles. The lowest BCUT2D eigenvalue weighted by molar-refractivity contribution is -0.0245. The number of pyridine rings is 1. The molecule has 4 aliphatic carbocycles. The maximum Gasteiger partial charge on any atom is 0.0466 e. The van der Waals surface area contributed by atoms with E-state index in [2.05, 4.69) is 17.1 Å². The van der Waals surface area contributed by atoms with Crippen molar-refractivity contribution in [3.63, 3.8) is 0 Å². The molecular weight excluding hydrogens is 208 g/mol. The summed E-state index contributed by atoms with van der Waals surface area (Å²) >= 11 is 0. The van der Waals surface area contributed by atoms with E-state index in [1.807, 2.05) is 12.3 Å². The Morgan fingerprint density at radius 2 is 1.88 bits per heavy atom. The Hall–Kier alpha value is -0.890. The monoisotopic (exact) mass is 228 g/mol. The molecule has 2 heteroatoms. The summed E-state index contributed by atoms with van der Waals surface area (Å²) in [6.45, 7) is 0. The van der Waals surface area contributed by atoms with E-state index in [0.29, 0.717) is 5.41 Å². The molecule has 0 aromatic carbocycles. The van der Waals surface area contributed by atoms with E-state index in [1.54, 1.807) is 0 Å². The van der Waals surface area contributed by atoms with Gasteiger partial charge in [0.05, 0.1) is 0 Å². The minimum absolute atomic E-state index is 0.127. The Kier molecular flexibility index (Phi) is 1.84. The van der Waals surface area contributed by atoms with Crippen LogP contribution in [0.1, 0.15) is 44.2 Å². The number of hydrogen-bond acceptors (Lipinski definition) is 2. The standard InChI is InChI=1S/C15H20N2/c16-15-8-11-5-12(9-15)7-14(6-11,10-15)13-3-1-2-4-17-13/h1-4,11-12H,5-10,16H2. The van der Waals surface area contributed by atoms with E-state index in [9.17, 15) is 0 Å². The van der Waals surface area contributed by atoms with Crippen molar-refractivity contribution in [2.45, 2.75) is 49.5 Å². The van der Waals surface area contributed by atoms with Crippen LogP contribution in [0.15, 0.2) is 24.4 Å². The Balaban J connectivity index is 1.79. The zero-order valence-corrected chi connectivity index (χ0v) is 10.2. The highest BCUT2D eigenvalue weighted by molar-refractivity contribution is 5.26. The number of nitrogens with two attached hydrogens (primary N) is 1. The SMILES string of the molecule is NC12CC3CC(C1)CC(c1ccccn1)(C3)C2. The molecule has 1 heterocycles. The summed E-state index contributed by atoms with van der Waals surface area (Å²) in [6, 6.07) is 6.36. The van der Waals surface area contributed by atoms with Crippen molar-refractivity contribution in [3.05, 3.63) is 30.1 Å². The molecule has 4 saturated carbocycles. The van der Waals surface area contributed by atoms with Crippen LogP contribution in [0.5, 0.6) is 0 Å². The predicted octanol–water partition coefficient (Wildman–Crippen LogP) is 2.63. The first kappa shape index (κ1) is 10.1. The van der Waals surface area contributed by atoms with Crippen LogP contribution in [0.4, 0.5) is 0 Å². The number of hydrogen-bond donors (Lipinski definition) is 1. The Morgan fingerprint density at radius 1 is 1.12 bits per heavy atom. The number of rotatable bonds is 1. The van der Waals surface area contributed by atoms with E-state index >= 15 is 0 Å². The molecule has 1 aromatic heterocycles. The fourth-order valence-corrected chi connectivity index (χ4v) is 5.31. The third-order valence-corrected chi connectivity index (χ3v) is 5.31. The van der Waals surface area contributed by atoms with Gasteiger partial charge in [-0.25, -0.2) is 0 Å². The van der Waals surface area contributed by atoms with E-state index < -0.39 is 0 Å². The normalized spacial score (nSPS) is 47.4. The van der Waals surface area contributed by atoms with Crippen LogP contribution in [0.3, 0.4) is 0 Å². The molecule has 4 aliphatic rings. The highest BCUT2D eigenvalue weighted by atomic mass is 14.8. The zero-order valence-electron chi connectivity index (χ0n) is 10.2. The Morgan fingerprint density at radius 3 is 2.47 bits per heavy atom. The fourth-order valence-electron chi connectivity index (χ4n) is 5.31. The molecule has 0 amide bonds. The molecule has 90 valence electrons. The summed E-state index contributed by atoms with van der Waals surface area (Å²) in [6.07, 6.45) is 9.73. The van der Waals surface area contributed by atoms with Crippen molar-refractivity contribution >= 4 is 0 Å². The van der Waals surface area contributed by atoms with Crippen LogP contribution in [0.2, 0.25) is 0 Å². The van der Waals surface area contributed by atoms with Crippen LogP contribution >= 0.6 is 0 Å². The average Bonchev–Trinajstić information content (AvgIpc) is 2.27. The van der Waals surface area contributed by atoms with E-state index in [-0.39, 0.29) is 5.54 Å². The van der Waals surface area contributed by atoms with Crippen molar-refractivity contribution in [1.29, 1.82) is 0 Å². The predicted molar refractivity (Wildman–Crippen MR) is 67.5 cm³/mol. The third-order valence-electron chi connectivity index (χ3n) is 5.31. The zero-order chi connectivity index (χ0) is 11.5. The molecule has 2 N–H and O–H groups in total. The molecule has 1 aromatic rings. The molecule has 4 bridgehead atoms. The molecule has 2 atom stereocenters. The van der Waals surface area contributed by atoms with Crippen LogP contribution in [-0.4, -0.2) is 10.5 Å². The lowest BCUT2D eigenvalue weighted by atomic mass is 9.46. The van der Waals surface area contributed by atoms with Gasteiger partial charge in [-0.1, -0.05) is 6.07 Å². The van der Waals surface area contributed by atoms with E-state index in [4.69, 9.17) is 5.73 Å². The lowest BCUT2D eigenvalue weighted by Crippen LogP contribution is -2.61. The van der Waals surface area contributed by atoms with Crippen molar-refractivity contribution < 1.29 is 0 Å². The van der Waals surface area contributed by atoms with Gasteiger partial charge in [-0.15, -0.1) is 0 Å². The maximum atomic E-state index is 6.62. The van der Waals surface area contributed by atoms with Crippen LogP contribution in [-0.2, 0) is 5.41 Å². The number of aromatic nitrogens is 1. The first-order valence-corrected chi connectivity index (χ1v) is 6.88. The lowest BCUT2D eigenvalue weighted by Gasteiger charge is -2.60. The summed E-state index contributed by atoms with van der Waals surface area (Å²) in [5.74, 6) is 1.73. The van der Waals surface area contributed by atoms with Crippen molar-refractivity contribution in [1.82, 2.24) is 4.98 Å². The first-order chi connectivity index (χ1) is 8.18. The molecule has 2 unspecified atom stereocenters. The fraction of sp³-hybridized carbons (Fsp3) is 0.667. The van der Waals surface area contributed by atoms with Crippen molar-refractivity contribution in [2.75, 3.05) is 0 Å². The molecule has 4 fully saturated rings. The van der Waals surface area contributed by atoms with Crippen LogP contribution in [0, 0.1) is 11.8 Å². The summed E-state index contributed by atoms with van der Waals surface area (Å²) < 4.78 is 0. The van der Waals surface area contributed by atoms with E-state index in [1.165, 1.54) is 44.2 Å². The van der Waals surface area contributed by atoms with Crippen LogP contribution in [0.25, 0.3) is 0 Å². The van der Waals surface area contributed by atoms with Gasteiger partial charge >= 0.3 is 0 Å². The molecule has 5 rings (SSSR count). The minimum Gasteiger partial charge on any atom is -0.325 e. The molecular formula is C15H20N2. The summed E-state index contributed by atoms with van der Waals surface area (Å²) in [5, 5.41) is 0. The minimum atomic E-state index is 0.127. The highest BCUT2D eigenvalue weighted by Gasteiger charge is 2.57. The second-order valence-corrected chi connectivity index (χ2v) is 6.82. The maximum absolute atomic E-state index is 6.62. The van der Waals surface area contributed by atoms with Gasteiger partial charge in [-0.3, -0.25) is 4.98 Å². The Bertz CT molecular complexity index is 425. The second kappa shape index (κ2) is 3.11. The molecule has 17 heavy (non-hydrogen) atoms. The quantitative estimate of drug-likeness (QED) is 0.802. The van der Waals surface area contributed by atoms with Gasteiger partial charge in [0.25, 0.3) is 0 Å². The smallest absolute Gasteiger partial charge is 0.0466 e. The molecule has 2 nitrogen and oxygen atoms in total. The largest absolute Gasteiger partial charge is 0.325 e. The van der Waals surface area contributed by atoms with Crippen molar-refractivity contribution in [2.24, 2.45) is 17.6 Å². The van der Waals surface area contributed by atoms with Crippen LogP contribution < -0.4 is 5.73 Å². The van der Waals surface area contributed by atoms with Gasteiger partial charge in [0, 0.05) is 22.8 Å². The third kappa shape index (κ3) is 1.40. The van der Waals surface area contributed by atoms with Gasteiger partial charge in [-0.05, 0) is 62.5 Å². The molecule has 0 radical (unpaired) electrons. The molecule has 0 aliphatic heterocycles. The van der Waals surface area contributed by atoms with E-state index in [0.717, 1.165) is 11.8 Å². The average molecular weight is 228 g/mol.